The average molecular weight is 512 g/mol. The van der Waals surface area contributed by atoms with Crippen LogP contribution >= 0.6 is 23.4 Å². The number of anilines is 2. The van der Waals surface area contributed by atoms with E-state index >= 15 is 0 Å². The molecule has 0 bridgehead atoms. The van der Waals surface area contributed by atoms with Crippen molar-refractivity contribution >= 4 is 40.8 Å². The second-order valence-corrected chi connectivity index (χ2v) is 10.1. The molecule has 1 aromatic heterocycles. The number of hydrogen-bond acceptors (Lipinski definition) is 6. The third kappa shape index (κ3) is 5.70. The van der Waals surface area contributed by atoms with Crippen LogP contribution in [0.2, 0.25) is 5.15 Å². The Balaban J connectivity index is 1.16. The van der Waals surface area contributed by atoms with E-state index in [-0.39, 0.29) is 11.7 Å². The monoisotopic (exact) mass is 511 g/mol. The maximum absolute atomic E-state index is 14.1. The summed E-state index contributed by atoms with van der Waals surface area (Å²) in [5.41, 5.74) is 2.34. The molecule has 182 valence electrons. The second-order valence-electron chi connectivity index (χ2n) is 8.74. The van der Waals surface area contributed by atoms with Crippen LogP contribution in [-0.4, -0.2) is 60.0 Å². The topological polar surface area (TPSA) is 52.6 Å². The summed E-state index contributed by atoms with van der Waals surface area (Å²) < 4.78 is 14.1. The van der Waals surface area contributed by atoms with Crippen molar-refractivity contribution in [1.82, 2.24) is 14.9 Å². The van der Waals surface area contributed by atoms with Gasteiger partial charge in [-0.05, 0) is 42.7 Å². The summed E-state index contributed by atoms with van der Waals surface area (Å²) in [5, 5.41) is 1.12. The Morgan fingerprint density at radius 1 is 0.914 bits per heavy atom. The van der Waals surface area contributed by atoms with E-state index in [1.165, 1.54) is 30.7 Å². The molecule has 0 N–H and O–H groups in total. The molecule has 2 aliphatic rings. The van der Waals surface area contributed by atoms with Gasteiger partial charge in [0.1, 0.15) is 16.8 Å². The Hall–Kier alpha value is -2.84. The number of piperazine rings is 1. The number of carbonyl (C=O) groups is 1. The van der Waals surface area contributed by atoms with Crippen LogP contribution in [0, 0.1) is 5.82 Å². The third-order valence-electron chi connectivity index (χ3n) is 6.42. The molecular formula is C26H27ClFN5OS. The van der Waals surface area contributed by atoms with Crippen molar-refractivity contribution in [3.05, 3.63) is 76.7 Å². The number of halogens is 2. The lowest BCUT2D eigenvalue weighted by Gasteiger charge is -2.36. The largest absolute Gasteiger partial charge is 0.366 e. The summed E-state index contributed by atoms with van der Waals surface area (Å²) in [6, 6.07) is 16.3. The molecule has 0 spiro atoms. The molecule has 1 amide bonds. The molecule has 0 aliphatic carbocycles. The zero-order chi connectivity index (χ0) is 24.2. The first-order chi connectivity index (χ1) is 17.1. The Kier molecular flexibility index (Phi) is 7.39. The van der Waals surface area contributed by atoms with Gasteiger partial charge >= 0.3 is 0 Å². The molecule has 2 saturated heterocycles. The zero-order valence-electron chi connectivity index (χ0n) is 19.4. The Bertz CT molecular complexity index is 1180. The number of benzene rings is 2. The highest BCUT2D eigenvalue weighted by atomic mass is 35.5. The summed E-state index contributed by atoms with van der Waals surface area (Å²) >= 11 is 7.77. The minimum Gasteiger partial charge on any atom is -0.366 e. The summed E-state index contributed by atoms with van der Waals surface area (Å²) in [6.45, 7) is 4.36. The van der Waals surface area contributed by atoms with E-state index in [1.54, 1.807) is 12.1 Å². The van der Waals surface area contributed by atoms with E-state index in [0.29, 0.717) is 53.5 Å². The summed E-state index contributed by atoms with van der Waals surface area (Å²) in [4.78, 5) is 28.1. The van der Waals surface area contributed by atoms with Gasteiger partial charge in [0.05, 0.1) is 5.69 Å². The molecule has 3 aromatic rings. The highest BCUT2D eigenvalue weighted by molar-refractivity contribution is 7.98. The van der Waals surface area contributed by atoms with Gasteiger partial charge < -0.3 is 14.7 Å². The van der Waals surface area contributed by atoms with Gasteiger partial charge in [-0.1, -0.05) is 47.6 Å². The number of rotatable bonds is 6. The van der Waals surface area contributed by atoms with Gasteiger partial charge in [0.2, 0.25) is 0 Å². The first-order valence-corrected chi connectivity index (χ1v) is 13.2. The van der Waals surface area contributed by atoms with Crippen LogP contribution in [-0.2, 0) is 5.75 Å². The number of nitrogens with zero attached hydrogens (tertiary/aromatic N) is 5. The average Bonchev–Trinajstić information content (AvgIpc) is 3.43. The van der Waals surface area contributed by atoms with Gasteiger partial charge in [-0.2, -0.15) is 0 Å². The fourth-order valence-electron chi connectivity index (χ4n) is 4.49. The van der Waals surface area contributed by atoms with E-state index in [0.717, 1.165) is 24.5 Å². The van der Waals surface area contributed by atoms with Crippen molar-refractivity contribution in [2.75, 3.05) is 49.1 Å². The predicted molar refractivity (Wildman–Crippen MR) is 139 cm³/mol. The molecule has 0 unspecified atom stereocenters. The molecule has 6 nitrogen and oxygen atoms in total. The SMILES string of the molecule is O=C(c1ccc(CSc2nc(Cl)cc(N3CCCC3)n2)cc1)N1CCN(c2ccccc2F)CC1. The second kappa shape index (κ2) is 10.8. The van der Waals surface area contributed by atoms with Crippen LogP contribution in [0.25, 0.3) is 0 Å². The Labute approximate surface area is 214 Å². The van der Waals surface area contributed by atoms with Crippen molar-refractivity contribution in [2.45, 2.75) is 23.8 Å². The number of carbonyl (C=O) groups excluding carboxylic acids is 1. The number of aromatic nitrogens is 2. The normalized spacial score (nSPS) is 16.1. The highest BCUT2D eigenvalue weighted by Gasteiger charge is 2.23. The fourth-order valence-corrected chi connectivity index (χ4v) is 5.53. The van der Waals surface area contributed by atoms with E-state index in [2.05, 4.69) is 14.9 Å². The lowest BCUT2D eigenvalue weighted by atomic mass is 10.1. The number of thioether (sulfide) groups is 1. The summed E-state index contributed by atoms with van der Waals surface area (Å²) in [7, 11) is 0. The van der Waals surface area contributed by atoms with Crippen molar-refractivity contribution in [3.8, 4) is 0 Å². The van der Waals surface area contributed by atoms with Crippen LogP contribution in [0.4, 0.5) is 15.9 Å². The Morgan fingerprint density at radius 2 is 1.63 bits per heavy atom. The quantitative estimate of drug-likeness (QED) is 0.260. The van der Waals surface area contributed by atoms with Crippen LogP contribution in [0.5, 0.6) is 0 Å². The lowest BCUT2D eigenvalue weighted by molar-refractivity contribution is 0.0746. The van der Waals surface area contributed by atoms with Gasteiger partial charge in [-0.25, -0.2) is 14.4 Å². The molecule has 3 heterocycles. The number of amides is 1. The first kappa shape index (κ1) is 23.9. The molecule has 2 aromatic carbocycles. The lowest BCUT2D eigenvalue weighted by Crippen LogP contribution is -2.49. The minimum atomic E-state index is -0.226. The molecule has 9 heteroatoms. The van der Waals surface area contributed by atoms with Crippen LogP contribution in [0.3, 0.4) is 0 Å². The molecule has 2 aliphatic heterocycles. The van der Waals surface area contributed by atoms with Crippen molar-refractivity contribution in [3.63, 3.8) is 0 Å². The minimum absolute atomic E-state index is 0.00539. The third-order valence-corrected chi connectivity index (χ3v) is 7.53. The smallest absolute Gasteiger partial charge is 0.253 e. The van der Waals surface area contributed by atoms with E-state index in [9.17, 15) is 9.18 Å². The maximum Gasteiger partial charge on any atom is 0.253 e. The number of para-hydroxylation sites is 1. The Morgan fingerprint density at radius 3 is 2.34 bits per heavy atom. The standard InChI is InChI=1S/C26H27ClFN5OS/c27-23-17-24(32-11-3-4-12-32)30-26(29-23)35-18-19-7-9-20(10-8-19)25(34)33-15-13-31(14-16-33)22-6-2-1-5-21(22)28/h1-2,5-10,17H,3-4,11-16,18H2. The van der Waals surface area contributed by atoms with Crippen molar-refractivity contribution in [2.24, 2.45) is 0 Å². The summed E-state index contributed by atoms with van der Waals surface area (Å²) in [5.74, 6) is 1.36. The van der Waals surface area contributed by atoms with Crippen LogP contribution < -0.4 is 9.80 Å². The zero-order valence-corrected chi connectivity index (χ0v) is 20.9. The summed E-state index contributed by atoms with van der Waals surface area (Å²) in [6.07, 6.45) is 2.35. The van der Waals surface area contributed by atoms with Gasteiger partial charge in [0.15, 0.2) is 5.16 Å². The number of hydrogen-bond donors (Lipinski definition) is 0. The molecule has 35 heavy (non-hydrogen) atoms. The predicted octanol–water partition coefficient (Wildman–Crippen LogP) is 5.12. The van der Waals surface area contributed by atoms with Gasteiger partial charge in [0, 0.05) is 56.7 Å². The van der Waals surface area contributed by atoms with Gasteiger partial charge in [0.25, 0.3) is 5.91 Å². The van der Waals surface area contributed by atoms with E-state index in [4.69, 9.17) is 11.6 Å². The first-order valence-electron chi connectivity index (χ1n) is 11.9. The molecule has 0 saturated carbocycles. The fraction of sp³-hybridized carbons (Fsp3) is 0.346. The van der Waals surface area contributed by atoms with E-state index < -0.39 is 0 Å². The van der Waals surface area contributed by atoms with Crippen molar-refractivity contribution < 1.29 is 9.18 Å². The maximum atomic E-state index is 14.1. The molecule has 0 radical (unpaired) electrons. The van der Waals surface area contributed by atoms with Crippen molar-refractivity contribution in [1.29, 1.82) is 0 Å². The molecule has 2 fully saturated rings. The van der Waals surface area contributed by atoms with Crippen LogP contribution in [0.15, 0.2) is 59.8 Å². The van der Waals surface area contributed by atoms with Crippen LogP contribution in [0.1, 0.15) is 28.8 Å². The van der Waals surface area contributed by atoms with Gasteiger partial charge in [-0.3, -0.25) is 4.79 Å². The highest BCUT2D eigenvalue weighted by Crippen LogP contribution is 2.27. The molecule has 5 rings (SSSR count). The molecular weight excluding hydrogens is 485 g/mol. The van der Waals surface area contributed by atoms with E-state index in [1.807, 2.05) is 46.2 Å². The van der Waals surface area contributed by atoms with Gasteiger partial charge in [-0.15, -0.1) is 0 Å². The molecule has 0 atom stereocenters.